The van der Waals surface area contributed by atoms with Gasteiger partial charge in [0.05, 0.1) is 19.4 Å². The summed E-state index contributed by atoms with van der Waals surface area (Å²) in [6.45, 7) is 4.15. The van der Waals surface area contributed by atoms with Crippen molar-refractivity contribution in [3.8, 4) is 5.75 Å². The average molecular weight is 498 g/mol. The first kappa shape index (κ1) is 24.8. The van der Waals surface area contributed by atoms with E-state index in [1.54, 1.807) is 24.5 Å². The van der Waals surface area contributed by atoms with Crippen molar-refractivity contribution < 1.29 is 22.4 Å². The molecule has 0 spiro atoms. The van der Waals surface area contributed by atoms with Crippen LogP contribution in [0.4, 0.5) is 5.69 Å². The summed E-state index contributed by atoms with van der Waals surface area (Å²) in [6, 6.07) is 15.1. The van der Waals surface area contributed by atoms with Gasteiger partial charge in [-0.05, 0) is 75.3 Å². The van der Waals surface area contributed by atoms with Crippen molar-refractivity contribution in [1.29, 1.82) is 0 Å². The average Bonchev–Trinajstić information content (AvgIpc) is 3.40. The Bertz CT molecular complexity index is 1230. The highest BCUT2D eigenvalue weighted by atomic mass is 32.2. The normalized spacial score (nSPS) is 15.4. The van der Waals surface area contributed by atoms with E-state index in [1.165, 1.54) is 25.7 Å². The number of likely N-dealkylation sites (tertiary alicyclic amines) is 1. The van der Waals surface area contributed by atoms with Crippen LogP contribution in [0.5, 0.6) is 5.75 Å². The molecule has 1 aliphatic heterocycles. The molecule has 3 aromatic rings. The Labute approximate surface area is 206 Å². The molecule has 2 heterocycles. The molecular weight excluding hydrogens is 466 g/mol. The van der Waals surface area contributed by atoms with Gasteiger partial charge in [-0.2, -0.15) is 0 Å². The van der Waals surface area contributed by atoms with E-state index in [2.05, 4.69) is 14.9 Å². The Balaban J connectivity index is 1.52. The highest BCUT2D eigenvalue weighted by Gasteiger charge is 2.26. The number of rotatable bonds is 9. The van der Waals surface area contributed by atoms with E-state index in [9.17, 15) is 13.2 Å². The van der Waals surface area contributed by atoms with Crippen LogP contribution in [-0.2, 0) is 10.0 Å². The van der Waals surface area contributed by atoms with Crippen molar-refractivity contribution in [3.05, 3.63) is 77.7 Å². The van der Waals surface area contributed by atoms with E-state index >= 15 is 0 Å². The van der Waals surface area contributed by atoms with Gasteiger partial charge in [0, 0.05) is 17.8 Å². The summed E-state index contributed by atoms with van der Waals surface area (Å²) >= 11 is 0. The highest BCUT2D eigenvalue weighted by Crippen LogP contribution is 2.28. The number of nitrogens with one attached hydrogen (secondary N) is 2. The molecule has 2 aromatic carbocycles. The van der Waals surface area contributed by atoms with Crippen LogP contribution >= 0.6 is 0 Å². The van der Waals surface area contributed by atoms with Crippen molar-refractivity contribution in [2.75, 3.05) is 31.5 Å². The standard InChI is InChI=1S/C26H31N3O5S/c1-19-8-11-21(12-9-19)28-35(31,32)25-17-20(10-13-24(25)33-2)26(30)27-18-22(23-7-6-16-34-23)29-14-4-3-5-15-29/h6-13,16-17,22,28H,3-5,14-15,18H2,1-2H3,(H,27,30)/t22-/m0/s1. The molecule has 0 bridgehead atoms. The van der Waals surface area contributed by atoms with Gasteiger partial charge in [-0.15, -0.1) is 0 Å². The first-order chi connectivity index (χ1) is 16.9. The number of hydrogen-bond donors (Lipinski definition) is 2. The number of aryl methyl sites for hydroxylation is 1. The summed E-state index contributed by atoms with van der Waals surface area (Å²) in [4.78, 5) is 15.3. The minimum absolute atomic E-state index is 0.0843. The predicted molar refractivity (Wildman–Crippen MR) is 134 cm³/mol. The third-order valence-electron chi connectivity index (χ3n) is 6.18. The maximum absolute atomic E-state index is 13.1. The molecule has 9 heteroatoms. The van der Waals surface area contributed by atoms with Crippen LogP contribution in [0.2, 0.25) is 0 Å². The Morgan fingerprint density at radius 2 is 1.83 bits per heavy atom. The molecule has 1 aliphatic rings. The van der Waals surface area contributed by atoms with Crippen molar-refractivity contribution in [2.45, 2.75) is 37.1 Å². The summed E-state index contributed by atoms with van der Waals surface area (Å²) in [5.41, 5.74) is 1.67. The summed E-state index contributed by atoms with van der Waals surface area (Å²) in [7, 11) is -2.59. The first-order valence-electron chi connectivity index (χ1n) is 11.7. The molecule has 1 fully saturated rings. The number of hydrogen-bond acceptors (Lipinski definition) is 6. The number of methoxy groups -OCH3 is 1. The van der Waals surface area contributed by atoms with Gasteiger partial charge in [-0.3, -0.25) is 14.4 Å². The number of piperidine rings is 1. The summed E-state index contributed by atoms with van der Waals surface area (Å²) < 4.78 is 39.7. The van der Waals surface area contributed by atoms with Crippen LogP contribution in [0, 0.1) is 6.92 Å². The van der Waals surface area contributed by atoms with Crippen LogP contribution in [-0.4, -0.2) is 46.0 Å². The molecule has 1 aromatic heterocycles. The maximum Gasteiger partial charge on any atom is 0.265 e. The molecule has 0 unspecified atom stereocenters. The van der Waals surface area contributed by atoms with Gasteiger partial charge >= 0.3 is 0 Å². The SMILES string of the molecule is COc1ccc(C(=O)NC[C@@H](c2ccco2)N2CCCCC2)cc1S(=O)(=O)Nc1ccc(C)cc1. The molecule has 0 saturated carbocycles. The molecule has 0 radical (unpaired) electrons. The van der Waals surface area contributed by atoms with E-state index in [0.29, 0.717) is 12.2 Å². The van der Waals surface area contributed by atoms with E-state index < -0.39 is 10.0 Å². The second-order valence-electron chi connectivity index (χ2n) is 8.68. The molecule has 8 nitrogen and oxygen atoms in total. The van der Waals surface area contributed by atoms with Gasteiger partial charge < -0.3 is 14.5 Å². The molecule has 2 N–H and O–H groups in total. The third kappa shape index (κ3) is 6.04. The molecule has 1 atom stereocenters. The fourth-order valence-electron chi connectivity index (χ4n) is 4.27. The lowest BCUT2D eigenvalue weighted by Crippen LogP contribution is -2.40. The summed E-state index contributed by atoms with van der Waals surface area (Å²) in [5.74, 6) is 0.587. The molecule has 1 amide bonds. The number of carbonyl (C=O) groups excluding carboxylic acids is 1. The van der Waals surface area contributed by atoms with Gasteiger partial charge in [0.15, 0.2) is 0 Å². The number of anilines is 1. The van der Waals surface area contributed by atoms with Crippen LogP contribution in [0.1, 0.15) is 47.0 Å². The van der Waals surface area contributed by atoms with Gasteiger partial charge in [0.2, 0.25) is 0 Å². The molecule has 1 saturated heterocycles. The number of carbonyl (C=O) groups is 1. The van der Waals surface area contributed by atoms with Crippen LogP contribution < -0.4 is 14.8 Å². The van der Waals surface area contributed by atoms with Crippen molar-refractivity contribution >= 4 is 21.6 Å². The fraction of sp³-hybridized carbons (Fsp3) is 0.346. The Morgan fingerprint density at radius 3 is 2.49 bits per heavy atom. The van der Waals surface area contributed by atoms with Gasteiger partial charge in [0.25, 0.3) is 15.9 Å². The van der Waals surface area contributed by atoms with E-state index in [1.807, 2.05) is 31.2 Å². The van der Waals surface area contributed by atoms with Crippen LogP contribution in [0.3, 0.4) is 0 Å². The van der Waals surface area contributed by atoms with Crippen molar-refractivity contribution in [1.82, 2.24) is 10.2 Å². The molecule has 186 valence electrons. The van der Waals surface area contributed by atoms with E-state index in [4.69, 9.17) is 9.15 Å². The Hall–Kier alpha value is -3.30. The van der Waals surface area contributed by atoms with E-state index in [0.717, 1.165) is 37.3 Å². The number of sulfonamides is 1. The number of nitrogens with zero attached hydrogens (tertiary/aromatic N) is 1. The molecule has 4 rings (SSSR count). The predicted octanol–water partition coefficient (Wildman–Crippen LogP) is 4.35. The smallest absolute Gasteiger partial charge is 0.265 e. The zero-order chi connectivity index (χ0) is 24.8. The summed E-state index contributed by atoms with van der Waals surface area (Å²) in [6.07, 6.45) is 5.06. The highest BCUT2D eigenvalue weighted by molar-refractivity contribution is 7.92. The number of amides is 1. The lowest BCUT2D eigenvalue weighted by atomic mass is 10.1. The lowest BCUT2D eigenvalue weighted by Gasteiger charge is -2.33. The van der Waals surface area contributed by atoms with Crippen molar-refractivity contribution in [2.24, 2.45) is 0 Å². The molecule has 35 heavy (non-hydrogen) atoms. The van der Waals surface area contributed by atoms with Crippen LogP contribution in [0.25, 0.3) is 0 Å². The molecule has 0 aliphatic carbocycles. The zero-order valence-corrected chi connectivity index (χ0v) is 20.8. The Kier molecular flexibility index (Phi) is 7.77. The number of benzene rings is 2. The maximum atomic E-state index is 13.1. The third-order valence-corrected chi connectivity index (χ3v) is 7.58. The fourth-order valence-corrected chi connectivity index (χ4v) is 5.53. The quantitative estimate of drug-likeness (QED) is 0.456. The number of ether oxygens (including phenoxy) is 1. The van der Waals surface area contributed by atoms with Crippen molar-refractivity contribution in [3.63, 3.8) is 0 Å². The Morgan fingerprint density at radius 1 is 1.09 bits per heavy atom. The van der Waals surface area contributed by atoms with Gasteiger partial charge in [0.1, 0.15) is 16.4 Å². The zero-order valence-electron chi connectivity index (χ0n) is 20.0. The minimum atomic E-state index is -3.99. The monoisotopic (exact) mass is 497 g/mol. The van der Waals surface area contributed by atoms with E-state index in [-0.39, 0.29) is 28.2 Å². The first-order valence-corrected chi connectivity index (χ1v) is 13.2. The summed E-state index contributed by atoms with van der Waals surface area (Å²) in [5, 5.41) is 2.96. The topological polar surface area (TPSA) is 101 Å². The second-order valence-corrected chi connectivity index (χ2v) is 10.3. The van der Waals surface area contributed by atoms with Gasteiger partial charge in [-0.1, -0.05) is 24.1 Å². The number of furan rings is 1. The second kappa shape index (κ2) is 11.0. The largest absolute Gasteiger partial charge is 0.495 e. The lowest BCUT2D eigenvalue weighted by molar-refractivity contribution is 0.0914. The van der Waals surface area contributed by atoms with Gasteiger partial charge in [-0.25, -0.2) is 8.42 Å². The minimum Gasteiger partial charge on any atom is -0.495 e. The molecular formula is C26H31N3O5S. The van der Waals surface area contributed by atoms with Crippen LogP contribution in [0.15, 0.2) is 70.2 Å².